The van der Waals surface area contributed by atoms with Crippen LogP contribution in [0.25, 0.3) is 0 Å². The molecule has 10 heteroatoms. The number of benzene rings is 1. The molecule has 2 rings (SSSR count). The molecule has 0 saturated heterocycles. The number of nitrogens with zero attached hydrogens (tertiary/aromatic N) is 3. The van der Waals surface area contributed by atoms with Crippen molar-refractivity contribution in [2.75, 3.05) is 7.11 Å². The number of nitrogens with one attached hydrogen (secondary N) is 1. The number of rotatable bonds is 9. The molecule has 142 valence electrons. The molecule has 1 aromatic carbocycles. The van der Waals surface area contributed by atoms with E-state index in [1.54, 1.807) is 24.3 Å². The van der Waals surface area contributed by atoms with Crippen LogP contribution < -0.4 is 10.3 Å². The molecule has 0 fully saturated rings. The van der Waals surface area contributed by atoms with Gasteiger partial charge >= 0.3 is 5.97 Å². The summed E-state index contributed by atoms with van der Waals surface area (Å²) in [6.07, 6.45) is 4.65. The summed E-state index contributed by atoms with van der Waals surface area (Å²) in [6.45, 7) is 1.81. The third-order valence-corrected chi connectivity index (χ3v) is 4.06. The third-order valence-electron chi connectivity index (χ3n) is 3.11. The Morgan fingerprint density at radius 2 is 2.15 bits per heavy atom. The minimum Gasteiger partial charge on any atom is -0.469 e. The standard InChI is InChI=1S/C17H18N4O5S/c1-12(7-17(24)25-2)27-21(11-22)10-20-13-3-5-14(6-4-13)26-16-9-18-15(23)8-19-16/h3-6,8-12H,7H2,1-2H3,(H,18,23)/t12-/m0/s1. The summed E-state index contributed by atoms with van der Waals surface area (Å²) < 4.78 is 11.4. The second kappa shape index (κ2) is 10.1. The van der Waals surface area contributed by atoms with Crippen molar-refractivity contribution in [1.29, 1.82) is 0 Å². The lowest BCUT2D eigenvalue weighted by Gasteiger charge is -2.15. The van der Waals surface area contributed by atoms with Crippen LogP contribution in [0.1, 0.15) is 13.3 Å². The number of hydrogen-bond donors (Lipinski definition) is 1. The molecule has 0 radical (unpaired) electrons. The molecule has 1 N–H and O–H groups in total. The molecule has 0 spiro atoms. The number of amides is 1. The zero-order valence-electron chi connectivity index (χ0n) is 14.7. The highest BCUT2D eigenvalue weighted by Crippen LogP contribution is 2.22. The summed E-state index contributed by atoms with van der Waals surface area (Å²) in [5, 5.41) is -0.144. The number of methoxy groups -OCH3 is 1. The first-order valence-corrected chi connectivity index (χ1v) is 8.68. The van der Waals surface area contributed by atoms with Gasteiger partial charge in [0, 0.05) is 5.25 Å². The number of carbonyl (C=O) groups excluding carboxylic acids is 2. The molecule has 1 aromatic heterocycles. The molecule has 0 unspecified atom stereocenters. The minimum absolute atomic E-state index is 0.144. The van der Waals surface area contributed by atoms with E-state index in [4.69, 9.17) is 4.74 Å². The van der Waals surface area contributed by atoms with Crippen LogP contribution in [0.4, 0.5) is 5.69 Å². The Hall–Kier alpha value is -3.14. The maximum Gasteiger partial charge on any atom is 0.306 e. The van der Waals surface area contributed by atoms with Crippen LogP contribution in [-0.4, -0.2) is 45.4 Å². The van der Waals surface area contributed by atoms with Gasteiger partial charge in [0.1, 0.15) is 12.1 Å². The molecule has 0 aliphatic carbocycles. The van der Waals surface area contributed by atoms with E-state index in [9.17, 15) is 14.4 Å². The van der Waals surface area contributed by atoms with Gasteiger partial charge in [0.2, 0.25) is 12.3 Å². The van der Waals surface area contributed by atoms with Gasteiger partial charge in [0.15, 0.2) is 0 Å². The van der Waals surface area contributed by atoms with Crippen molar-refractivity contribution in [3.05, 3.63) is 47.0 Å². The number of ether oxygens (including phenoxy) is 2. The largest absolute Gasteiger partial charge is 0.469 e. The summed E-state index contributed by atoms with van der Waals surface area (Å²) in [4.78, 5) is 43.9. The van der Waals surface area contributed by atoms with Gasteiger partial charge in [-0.15, -0.1) is 0 Å². The maximum absolute atomic E-state index is 11.2. The Kier molecular flexibility index (Phi) is 7.56. The Balaban J connectivity index is 1.93. The van der Waals surface area contributed by atoms with Gasteiger partial charge in [0.25, 0.3) is 5.56 Å². The fourth-order valence-corrected chi connectivity index (χ4v) is 2.65. The lowest BCUT2D eigenvalue weighted by atomic mass is 10.3. The van der Waals surface area contributed by atoms with Gasteiger partial charge in [0.05, 0.1) is 31.6 Å². The summed E-state index contributed by atoms with van der Waals surface area (Å²) in [6, 6.07) is 6.75. The summed E-state index contributed by atoms with van der Waals surface area (Å²) >= 11 is 1.17. The molecule has 0 aliphatic rings. The van der Waals surface area contributed by atoms with E-state index < -0.39 is 0 Å². The Labute approximate surface area is 159 Å². The minimum atomic E-state index is -0.342. The quantitative estimate of drug-likeness (QED) is 0.230. The van der Waals surface area contributed by atoms with E-state index in [1.165, 1.54) is 35.9 Å². The second-order valence-corrected chi connectivity index (χ2v) is 6.69. The van der Waals surface area contributed by atoms with Gasteiger partial charge in [-0.25, -0.2) is 14.3 Å². The van der Waals surface area contributed by atoms with Crippen LogP contribution in [0.15, 0.2) is 46.4 Å². The zero-order chi connectivity index (χ0) is 19.6. The molecule has 0 saturated carbocycles. The van der Waals surface area contributed by atoms with E-state index in [-0.39, 0.29) is 29.1 Å². The molecule has 0 bridgehead atoms. The first-order chi connectivity index (χ1) is 13.0. The summed E-state index contributed by atoms with van der Waals surface area (Å²) in [5.41, 5.74) is 0.287. The summed E-state index contributed by atoms with van der Waals surface area (Å²) in [7, 11) is 1.32. The second-order valence-electron chi connectivity index (χ2n) is 5.25. The fourth-order valence-electron chi connectivity index (χ4n) is 1.87. The average molecular weight is 390 g/mol. The normalized spacial score (nSPS) is 11.8. The van der Waals surface area contributed by atoms with E-state index in [0.29, 0.717) is 17.8 Å². The number of esters is 1. The zero-order valence-corrected chi connectivity index (χ0v) is 15.5. The molecule has 1 amide bonds. The van der Waals surface area contributed by atoms with E-state index >= 15 is 0 Å². The van der Waals surface area contributed by atoms with Crippen molar-refractivity contribution in [1.82, 2.24) is 14.3 Å². The highest BCUT2D eigenvalue weighted by atomic mass is 32.2. The van der Waals surface area contributed by atoms with Gasteiger partial charge < -0.3 is 14.5 Å². The highest BCUT2D eigenvalue weighted by Gasteiger charge is 2.13. The van der Waals surface area contributed by atoms with Gasteiger partial charge in [-0.3, -0.25) is 14.4 Å². The van der Waals surface area contributed by atoms with Crippen molar-refractivity contribution in [3.63, 3.8) is 0 Å². The topological polar surface area (TPSA) is 114 Å². The summed E-state index contributed by atoms with van der Waals surface area (Å²) in [5.74, 6) is 0.432. The predicted octanol–water partition coefficient (Wildman–Crippen LogP) is 2.28. The van der Waals surface area contributed by atoms with Crippen LogP contribution in [0, 0.1) is 0 Å². The Morgan fingerprint density at radius 3 is 2.74 bits per heavy atom. The van der Waals surface area contributed by atoms with Crippen molar-refractivity contribution >= 4 is 36.4 Å². The Morgan fingerprint density at radius 1 is 1.41 bits per heavy atom. The van der Waals surface area contributed by atoms with Crippen LogP contribution in [0.2, 0.25) is 0 Å². The number of carbonyl (C=O) groups is 2. The number of hydrogen-bond acceptors (Lipinski definition) is 8. The predicted molar refractivity (Wildman–Crippen MR) is 101 cm³/mol. The molecular weight excluding hydrogens is 372 g/mol. The molecule has 9 nitrogen and oxygen atoms in total. The number of aromatic nitrogens is 2. The molecule has 27 heavy (non-hydrogen) atoms. The number of H-pyrrole nitrogens is 1. The van der Waals surface area contributed by atoms with Crippen molar-refractivity contribution < 1.29 is 19.1 Å². The average Bonchev–Trinajstić information content (AvgIpc) is 2.67. The Bertz CT molecular complexity index is 833. The number of aromatic amines is 1. The molecule has 1 heterocycles. The lowest BCUT2D eigenvalue weighted by molar-refractivity contribution is -0.140. The molecule has 2 aromatic rings. The highest BCUT2D eigenvalue weighted by molar-refractivity contribution is 7.98. The van der Waals surface area contributed by atoms with Gasteiger partial charge in [-0.2, -0.15) is 0 Å². The molecular formula is C17H18N4O5S. The van der Waals surface area contributed by atoms with Crippen molar-refractivity contribution in [2.45, 2.75) is 18.6 Å². The lowest BCUT2D eigenvalue weighted by Crippen LogP contribution is -2.18. The van der Waals surface area contributed by atoms with Crippen LogP contribution in [-0.2, 0) is 14.3 Å². The smallest absolute Gasteiger partial charge is 0.306 e. The van der Waals surface area contributed by atoms with E-state index in [2.05, 4.69) is 19.7 Å². The van der Waals surface area contributed by atoms with Crippen molar-refractivity contribution in [3.8, 4) is 11.6 Å². The van der Waals surface area contributed by atoms with E-state index in [0.717, 1.165) is 6.20 Å². The molecule has 1 atom stereocenters. The van der Waals surface area contributed by atoms with Gasteiger partial charge in [-0.1, -0.05) is 6.92 Å². The number of aliphatic imine (C=N–C) groups is 1. The van der Waals surface area contributed by atoms with Crippen LogP contribution >= 0.6 is 11.9 Å². The fraction of sp³-hybridized carbons (Fsp3) is 0.235. The van der Waals surface area contributed by atoms with Crippen molar-refractivity contribution in [2.24, 2.45) is 4.99 Å². The first-order valence-electron chi connectivity index (χ1n) is 7.84. The maximum atomic E-state index is 11.2. The monoisotopic (exact) mass is 390 g/mol. The molecule has 0 aliphatic heterocycles. The van der Waals surface area contributed by atoms with E-state index in [1.807, 2.05) is 6.92 Å². The first kappa shape index (κ1) is 20.2. The van der Waals surface area contributed by atoms with Crippen LogP contribution in [0.5, 0.6) is 11.6 Å². The van der Waals surface area contributed by atoms with Crippen LogP contribution in [0.3, 0.4) is 0 Å². The third kappa shape index (κ3) is 6.94. The van der Waals surface area contributed by atoms with Gasteiger partial charge in [-0.05, 0) is 36.2 Å². The SMILES string of the molecule is COC(=O)C[C@H](C)SN(C=O)C=Nc1ccc(Oc2c[nH]c(=O)cn2)cc1.